The largest absolute Gasteiger partial charge is 0.396 e. The second-order valence-electron chi connectivity index (χ2n) is 4.02. The third-order valence-corrected chi connectivity index (χ3v) is 2.92. The zero-order chi connectivity index (χ0) is 11.3. The molecular formula is C13H21NO. The molecule has 1 aromatic rings. The van der Waals surface area contributed by atoms with Gasteiger partial charge in [0.05, 0.1) is 0 Å². The van der Waals surface area contributed by atoms with E-state index < -0.39 is 0 Å². The molecule has 15 heavy (non-hydrogen) atoms. The van der Waals surface area contributed by atoms with Crippen molar-refractivity contribution in [2.75, 3.05) is 13.7 Å². The quantitative estimate of drug-likeness (QED) is 0.775. The highest BCUT2D eigenvalue weighted by Gasteiger charge is 2.16. The van der Waals surface area contributed by atoms with Crippen LogP contribution in [0.3, 0.4) is 0 Å². The van der Waals surface area contributed by atoms with Crippen molar-refractivity contribution in [2.24, 2.45) is 5.92 Å². The smallest absolute Gasteiger partial charge is 0.0474 e. The van der Waals surface area contributed by atoms with Gasteiger partial charge in [-0.2, -0.15) is 0 Å². The van der Waals surface area contributed by atoms with E-state index >= 15 is 0 Å². The molecular weight excluding hydrogens is 186 g/mol. The van der Waals surface area contributed by atoms with Crippen molar-refractivity contribution in [2.45, 2.75) is 26.3 Å². The number of aliphatic hydroxyl groups is 1. The highest BCUT2D eigenvalue weighted by molar-refractivity contribution is 5.25. The Bertz CT molecular complexity index is 281. The first-order valence-electron chi connectivity index (χ1n) is 5.59. The molecule has 0 aliphatic heterocycles. The number of aliphatic hydroxyl groups excluding tert-OH is 1. The monoisotopic (exact) mass is 207 g/mol. The molecule has 1 aromatic carbocycles. The summed E-state index contributed by atoms with van der Waals surface area (Å²) in [6.45, 7) is 4.41. The molecule has 0 aromatic heterocycles. The second-order valence-corrected chi connectivity index (χ2v) is 4.02. The predicted molar refractivity (Wildman–Crippen MR) is 63.9 cm³/mol. The summed E-state index contributed by atoms with van der Waals surface area (Å²) in [6.07, 6.45) is 1.07. The fraction of sp³-hybridized carbons (Fsp3) is 0.538. The van der Waals surface area contributed by atoms with Crippen molar-refractivity contribution < 1.29 is 5.11 Å². The van der Waals surface area contributed by atoms with E-state index in [-0.39, 0.29) is 18.6 Å². The van der Waals surface area contributed by atoms with Crippen molar-refractivity contribution in [1.82, 2.24) is 5.32 Å². The van der Waals surface area contributed by atoms with Crippen molar-refractivity contribution in [3.8, 4) is 0 Å². The van der Waals surface area contributed by atoms with E-state index in [2.05, 4.69) is 43.4 Å². The second kappa shape index (κ2) is 5.89. The molecule has 1 rings (SSSR count). The van der Waals surface area contributed by atoms with E-state index in [1.54, 1.807) is 0 Å². The molecule has 0 amide bonds. The van der Waals surface area contributed by atoms with Gasteiger partial charge in [-0.15, -0.1) is 0 Å². The maximum atomic E-state index is 9.16. The number of hydrogen-bond donors (Lipinski definition) is 2. The van der Waals surface area contributed by atoms with Gasteiger partial charge in [0.15, 0.2) is 0 Å². The highest BCUT2D eigenvalue weighted by Crippen LogP contribution is 2.21. The molecule has 0 aliphatic carbocycles. The average Bonchev–Trinajstić information content (AvgIpc) is 2.30. The minimum atomic E-state index is 0.209. The minimum absolute atomic E-state index is 0.209. The van der Waals surface area contributed by atoms with Crippen LogP contribution in [-0.2, 0) is 6.42 Å². The predicted octanol–water partition coefficient (Wildman–Crippen LogP) is 2.14. The molecule has 0 saturated heterocycles. The number of rotatable bonds is 5. The van der Waals surface area contributed by atoms with Crippen LogP contribution in [0.25, 0.3) is 0 Å². The first-order valence-corrected chi connectivity index (χ1v) is 5.59. The molecule has 0 bridgehead atoms. The topological polar surface area (TPSA) is 32.3 Å². The first-order chi connectivity index (χ1) is 7.22. The fourth-order valence-corrected chi connectivity index (χ4v) is 1.85. The van der Waals surface area contributed by atoms with Gasteiger partial charge in [-0.1, -0.05) is 38.1 Å². The highest BCUT2D eigenvalue weighted by atomic mass is 16.3. The summed E-state index contributed by atoms with van der Waals surface area (Å²) in [6, 6.07) is 8.84. The lowest BCUT2D eigenvalue weighted by Gasteiger charge is -2.22. The van der Waals surface area contributed by atoms with Gasteiger partial charge < -0.3 is 10.4 Å². The Morgan fingerprint density at radius 2 is 1.87 bits per heavy atom. The van der Waals surface area contributed by atoms with Gasteiger partial charge in [0.1, 0.15) is 0 Å². The van der Waals surface area contributed by atoms with Crippen LogP contribution in [0.4, 0.5) is 0 Å². The maximum Gasteiger partial charge on any atom is 0.0474 e. The van der Waals surface area contributed by atoms with Crippen LogP contribution in [0.1, 0.15) is 31.0 Å². The Morgan fingerprint density at radius 3 is 2.27 bits per heavy atom. The Hall–Kier alpha value is -0.860. The van der Waals surface area contributed by atoms with Crippen LogP contribution in [0, 0.1) is 5.92 Å². The Kier molecular flexibility index (Phi) is 4.79. The molecule has 2 heteroatoms. The zero-order valence-corrected chi connectivity index (χ0v) is 9.83. The van der Waals surface area contributed by atoms with E-state index in [1.165, 1.54) is 11.1 Å². The Balaban J connectivity index is 2.83. The molecule has 2 unspecified atom stereocenters. The summed E-state index contributed by atoms with van der Waals surface area (Å²) in [5.41, 5.74) is 2.60. The number of benzene rings is 1. The lowest BCUT2D eigenvalue weighted by Crippen LogP contribution is -2.25. The van der Waals surface area contributed by atoms with Crippen molar-refractivity contribution in [3.63, 3.8) is 0 Å². The molecule has 0 spiro atoms. The van der Waals surface area contributed by atoms with Crippen molar-refractivity contribution >= 4 is 0 Å². The van der Waals surface area contributed by atoms with Crippen LogP contribution in [0.2, 0.25) is 0 Å². The molecule has 2 atom stereocenters. The zero-order valence-electron chi connectivity index (χ0n) is 9.83. The minimum Gasteiger partial charge on any atom is -0.396 e. The van der Waals surface area contributed by atoms with Crippen LogP contribution < -0.4 is 5.32 Å². The van der Waals surface area contributed by atoms with Gasteiger partial charge in [0.25, 0.3) is 0 Å². The summed E-state index contributed by atoms with van der Waals surface area (Å²) in [7, 11) is 1.94. The fourth-order valence-electron chi connectivity index (χ4n) is 1.85. The summed E-state index contributed by atoms with van der Waals surface area (Å²) in [5.74, 6) is 0.238. The molecule has 2 nitrogen and oxygen atoms in total. The first kappa shape index (κ1) is 12.2. The van der Waals surface area contributed by atoms with Gasteiger partial charge in [0.2, 0.25) is 0 Å². The summed E-state index contributed by atoms with van der Waals surface area (Å²) in [5, 5.41) is 12.4. The van der Waals surface area contributed by atoms with Gasteiger partial charge in [-0.05, 0) is 30.5 Å². The maximum absolute atomic E-state index is 9.16. The molecule has 84 valence electrons. The normalized spacial score (nSPS) is 14.9. The third kappa shape index (κ3) is 3.05. The van der Waals surface area contributed by atoms with Crippen LogP contribution >= 0.6 is 0 Å². The standard InChI is InChI=1S/C13H21NO/c1-4-11-5-7-12(8-6-11)13(14-3)10(2)9-15/h5-8,10,13-15H,4,9H2,1-3H3. The Labute approximate surface area is 92.3 Å². The van der Waals surface area contributed by atoms with Crippen molar-refractivity contribution in [1.29, 1.82) is 0 Å². The molecule has 0 aliphatic rings. The lowest BCUT2D eigenvalue weighted by molar-refractivity contribution is 0.206. The van der Waals surface area contributed by atoms with Gasteiger partial charge >= 0.3 is 0 Å². The molecule has 0 heterocycles. The number of hydrogen-bond acceptors (Lipinski definition) is 2. The molecule has 0 radical (unpaired) electrons. The van der Waals surface area contributed by atoms with Gasteiger partial charge in [-0.25, -0.2) is 0 Å². The van der Waals surface area contributed by atoms with Crippen LogP contribution in [-0.4, -0.2) is 18.8 Å². The van der Waals surface area contributed by atoms with Crippen LogP contribution in [0.5, 0.6) is 0 Å². The summed E-state index contributed by atoms with van der Waals surface area (Å²) < 4.78 is 0. The summed E-state index contributed by atoms with van der Waals surface area (Å²) >= 11 is 0. The average molecular weight is 207 g/mol. The molecule has 2 N–H and O–H groups in total. The molecule has 0 saturated carbocycles. The lowest BCUT2D eigenvalue weighted by atomic mass is 9.94. The van der Waals surface area contributed by atoms with E-state index in [9.17, 15) is 0 Å². The van der Waals surface area contributed by atoms with E-state index in [4.69, 9.17) is 5.11 Å². The van der Waals surface area contributed by atoms with E-state index in [0.717, 1.165) is 6.42 Å². The molecule has 0 fully saturated rings. The van der Waals surface area contributed by atoms with E-state index in [0.29, 0.717) is 0 Å². The van der Waals surface area contributed by atoms with Gasteiger partial charge in [0, 0.05) is 12.6 Å². The van der Waals surface area contributed by atoms with Crippen molar-refractivity contribution in [3.05, 3.63) is 35.4 Å². The Morgan fingerprint density at radius 1 is 1.27 bits per heavy atom. The van der Waals surface area contributed by atoms with Gasteiger partial charge in [-0.3, -0.25) is 0 Å². The number of aryl methyl sites for hydroxylation is 1. The van der Waals surface area contributed by atoms with E-state index in [1.807, 2.05) is 7.05 Å². The number of nitrogens with one attached hydrogen (secondary N) is 1. The summed E-state index contributed by atoms with van der Waals surface area (Å²) in [4.78, 5) is 0. The SMILES string of the molecule is CCc1ccc(C(NC)C(C)CO)cc1. The van der Waals surface area contributed by atoms with Crippen LogP contribution in [0.15, 0.2) is 24.3 Å². The third-order valence-electron chi connectivity index (χ3n) is 2.92.